The molecule has 0 saturated heterocycles. The summed E-state index contributed by atoms with van der Waals surface area (Å²) in [4.78, 5) is 0. The van der Waals surface area contributed by atoms with E-state index in [0.717, 1.165) is 17.9 Å². The molecule has 110 valence electrons. The topological polar surface area (TPSA) is 18.5 Å². The summed E-state index contributed by atoms with van der Waals surface area (Å²) >= 11 is 6.51. The van der Waals surface area contributed by atoms with E-state index >= 15 is 0 Å². The van der Waals surface area contributed by atoms with E-state index in [4.69, 9.17) is 21.1 Å². The molecule has 2 aliphatic carbocycles. The van der Waals surface area contributed by atoms with Crippen molar-refractivity contribution in [1.29, 1.82) is 0 Å². The molecule has 2 nitrogen and oxygen atoms in total. The minimum absolute atomic E-state index is 0.235. The third-order valence-electron chi connectivity index (χ3n) is 4.88. The Hall–Kier alpha value is -0.890. The van der Waals surface area contributed by atoms with Crippen molar-refractivity contribution in [2.75, 3.05) is 6.61 Å². The molecule has 3 rings (SSSR count). The number of alkyl halides is 1. The van der Waals surface area contributed by atoms with Crippen LogP contribution in [0, 0.1) is 5.41 Å². The fourth-order valence-electron chi connectivity index (χ4n) is 3.65. The maximum absolute atomic E-state index is 6.51. The number of rotatable bonds is 4. The summed E-state index contributed by atoms with van der Waals surface area (Å²) in [6, 6.07) is 7.96. The Morgan fingerprint density at radius 2 is 1.75 bits per heavy atom. The monoisotopic (exact) mass is 294 g/mol. The first-order valence-corrected chi connectivity index (χ1v) is 8.22. The summed E-state index contributed by atoms with van der Waals surface area (Å²) in [5.74, 6) is 1.84. The van der Waals surface area contributed by atoms with Crippen molar-refractivity contribution in [1.82, 2.24) is 0 Å². The SMILES string of the molecule is CCOc1ccc(OC2CC(Cl)C23CCCCC3)cc1. The minimum atomic E-state index is 0.235. The van der Waals surface area contributed by atoms with Crippen LogP contribution in [0.15, 0.2) is 24.3 Å². The molecule has 2 fully saturated rings. The Morgan fingerprint density at radius 1 is 1.10 bits per heavy atom. The lowest BCUT2D eigenvalue weighted by Crippen LogP contribution is -2.58. The van der Waals surface area contributed by atoms with Crippen LogP contribution in [-0.2, 0) is 0 Å². The summed E-state index contributed by atoms with van der Waals surface area (Å²) in [6.45, 7) is 2.69. The highest BCUT2D eigenvalue weighted by molar-refractivity contribution is 6.21. The zero-order valence-corrected chi connectivity index (χ0v) is 12.9. The average Bonchev–Trinajstić information content (AvgIpc) is 2.50. The third-order valence-corrected chi connectivity index (χ3v) is 5.50. The van der Waals surface area contributed by atoms with Crippen LogP contribution >= 0.6 is 11.6 Å². The van der Waals surface area contributed by atoms with Crippen molar-refractivity contribution < 1.29 is 9.47 Å². The second-order valence-corrected chi connectivity index (χ2v) is 6.53. The number of ether oxygens (including phenoxy) is 2. The predicted octanol–water partition coefficient (Wildman–Crippen LogP) is 4.79. The molecule has 2 unspecified atom stereocenters. The van der Waals surface area contributed by atoms with E-state index < -0.39 is 0 Å². The third kappa shape index (κ3) is 2.50. The predicted molar refractivity (Wildman–Crippen MR) is 81.8 cm³/mol. The van der Waals surface area contributed by atoms with Gasteiger partial charge in [0.15, 0.2) is 0 Å². The van der Waals surface area contributed by atoms with Gasteiger partial charge in [0.2, 0.25) is 0 Å². The fourth-order valence-corrected chi connectivity index (χ4v) is 4.18. The fraction of sp³-hybridized carbons (Fsp3) is 0.647. The van der Waals surface area contributed by atoms with Crippen LogP contribution in [0.25, 0.3) is 0 Å². The highest BCUT2D eigenvalue weighted by Crippen LogP contribution is 2.55. The van der Waals surface area contributed by atoms with Crippen LogP contribution in [0.4, 0.5) is 0 Å². The van der Waals surface area contributed by atoms with Gasteiger partial charge in [0.25, 0.3) is 0 Å². The minimum Gasteiger partial charge on any atom is -0.494 e. The molecule has 2 atom stereocenters. The van der Waals surface area contributed by atoms with Gasteiger partial charge in [-0.05, 0) is 44.0 Å². The van der Waals surface area contributed by atoms with Gasteiger partial charge in [-0.2, -0.15) is 0 Å². The van der Waals surface area contributed by atoms with Crippen LogP contribution in [0.2, 0.25) is 0 Å². The summed E-state index contributed by atoms with van der Waals surface area (Å²) in [5, 5.41) is 0.301. The Bertz CT molecular complexity index is 437. The lowest BCUT2D eigenvalue weighted by Gasteiger charge is -2.55. The smallest absolute Gasteiger partial charge is 0.120 e. The van der Waals surface area contributed by atoms with Crippen molar-refractivity contribution >= 4 is 11.6 Å². The van der Waals surface area contributed by atoms with Gasteiger partial charge in [0.05, 0.1) is 6.61 Å². The highest BCUT2D eigenvalue weighted by Gasteiger charge is 2.55. The van der Waals surface area contributed by atoms with Crippen LogP contribution in [0.5, 0.6) is 11.5 Å². The van der Waals surface area contributed by atoms with E-state index in [0.29, 0.717) is 18.1 Å². The molecular formula is C17H23ClO2. The molecule has 0 aromatic heterocycles. The van der Waals surface area contributed by atoms with Gasteiger partial charge in [-0.3, -0.25) is 0 Å². The van der Waals surface area contributed by atoms with E-state index in [2.05, 4.69) is 0 Å². The van der Waals surface area contributed by atoms with Crippen molar-refractivity contribution in [2.45, 2.75) is 56.9 Å². The van der Waals surface area contributed by atoms with Crippen LogP contribution in [0.3, 0.4) is 0 Å². The molecule has 2 aliphatic rings. The largest absolute Gasteiger partial charge is 0.494 e. The average molecular weight is 295 g/mol. The second kappa shape index (κ2) is 5.85. The van der Waals surface area contributed by atoms with Gasteiger partial charge < -0.3 is 9.47 Å². The van der Waals surface area contributed by atoms with Crippen molar-refractivity contribution in [3.8, 4) is 11.5 Å². The lowest BCUT2D eigenvalue weighted by atomic mass is 9.58. The summed E-state index contributed by atoms with van der Waals surface area (Å²) < 4.78 is 11.7. The van der Waals surface area contributed by atoms with Crippen LogP contribution in [0.1, 0.15) is 45.4 Å². The summed E-state index contributed by atoms with van der Waals surface area (Å²) in [5.41, 5.74) is 0.235. The molecule has 20 heavy (non-hydrogen) atoms. The Balaban J connectivity index is 1.65. The second-order valence-electron chi connectivity index (χ2n) is 6.01. The molecule has 2 saturated carbocycles. The first-order chi connectivity index (χ1) is 9.74. The van der Waals surface area contributed by atoms with Crippen LogP contribution < -0.4 is 9.47 Å². The number of hydrogen-bond donors (Lipinski definition) is 0. The van der Waals surface area contributed by atoms with Crippen molar-refractivity contribution in [3.05, 3.63) is 24.3 Å². The van der Waals surface area contributed by atoms with Crippen molar-refractivity contribution in [3.63, 3.8) is 0 Å². The zero-order chi connectivity index (χ0) is 14.0. The van der Waals surface area contributed by atoms with Crippen molar-refractivity contribution in [2.24, 2.45) is 5.41 Å². The molecule has 3 heteroatoms. The first kappa shape index (κ1) is 14.1. The molecule has 0 bridgehead atoms. The van der Waals surface area contributed by atoms with Gasteiger partial charge >= 0.3 is 0 Å². The molecule has 0 amide bonds. The molecule has 1 spiro atoms. The number of hydrogen-bond acceptors (Lipinski definition) is 2. The van der Waals surface area contributed by atoms with Crippen LogP contribution in [-0.4, -0.2) is 18.1 Å². The van der Waals surface area contributed by atoms with Gasteiger partial charge in [0.1, 0.15) is 17.6 Å². The maximum Gasteiger partial charge on any atom is 0.120 e. The van der Waals surface area contributed by atoms with E-state index in [1.807, 2.05) is 31.2 Å². The highest BCUT2D eigenvalue weighted by atomic mass is 35.5. The number of benzene rings is 1. The first-order valence-electron chi connectivity index (χ1n) is 7.78. The molecule has 0 heterocycles. The normalized spacial score (nSPS) is 27.9. The molecule has 0 N–H and O–H groups in total. The standard InChI is InChI=1S/C17H23ClO2/c1-2-19-13-6-8-14(9-7-13)20-16-12-15(18)17(16)10-4-3-5-11-17/h6-9,15-16H,2-5,10-12H2,1H3. The van der Waals surface area contributed by atoms with Gasteiger partial charge in [-0.25, -0.2) is 0 Å². The van der Waals surface area contributed by atoms with E-state index in [1.165, 1.54) is 32.1 Å². The Morgan fingerprint density at radius 3 is 2.35 bits per heavy atom. The Labute approximate surface area is 126 Å². The van der Waals surface area contributed by atoms with E-state index in [9.17, 15) is 0 Å². The van der Waals surface area contributed by atoms with Gasteiger partial charge in [-0.1, -0.05) is 19.3 Å². The quantitative estimate of drug-likeness (QED) is 0.743. The molecular weight excluding hydrogens is 272 g/mol. The maximum atomic E-state index is 6.51. The molecule has 0 radical (unpaired) electrons. The van der Waals surface area contributed by atoms with Gasteiger partial charge in [0, 0.05) is 17.2 Å². The lowest BCUT2D eigenvalue weighted by molar-refractivity contribution is -0.0650. The molecule has 1 aromatic carbocycles. The summed E-state index contributed by atoms with van der Waals surface area (Å²) in [6.07, 6.45) is 7.67. The van der Waals surface area contributed by atoms with Gasteiger partial charge in [-0.15, -0.1) is 11.6 Å². The Kier molecular flexibility index (Phi) is 4.11. The molecule has 1 aromatic rings. The number of halogens is 1. The molecule has 0 aliphatic heterocycles. The van der Waals surface area contributed by atoms with E-state index in [-0.39, 0.29) is 5.41 Å². The summed E-state index contributed by atoms with van der Waals surface area (Å²) in [7, 11) is 0. The zero-order valence-electron chi connectivity index (χ0n) is 12.1. The van der Waals surface area contributed by atoms with E-state index in [1.54, 1.807) is 0 Å².